The second kappa shape index (κ2) is 7.68. The zero-order chi connectivity index (χ0) is 14.3. The van der Waals surface area contributed by atoms with Crippen molar-refractivity contribution in [2.24, 2.45) is 0 Å². The first kappa shape index (κ1) is 15.4. The first-order valence-corrected chi connectivity index (χ1v) is 7.07. The van der Waals surface area contributed by atoms with Crippen LogP contribution in [0.4, 0.5) is 5.69 Å². The molecular formula is C13H17NO4S. The number of carbonyl (C=O) groups is 2. The van der Waals surface area contributed by atoms with Crippen LogP contribution in [0, 0.1) is 0 Å². The molecule has 1 aromatic carbocycles. The van der Waals surface area contributed by atoms with E-state index in [0.29, 0.717) is 17.9 Å². The van der Waals surface area contributed by atoms with E-state index in [0.717, 1.165) is 0 Å². The van der Waals surface area contributed by atoms with E-state index >= 15 is 0 Å². The number of hydrogen-bond donors (Lipinski definition) is 2. The fourth-order valence-corrected chi connectivity index (χ4v) is 1.65. The van der Waals surface area contributed by atoms with Gasteiger partial charge in [-0.05, 0) is 30.5 Å². The molecule has 1 amide bonds. The van der Waals surface area contributed by atoms with Gasteiger partial charge in [-0.25, -0.2) is 4.79 Å². The highest BCUT2D eigenvalue weighted by atomic mass is 32.2. The summed E-state index contributed by atoms with van der Waals surface area (Å²) in [7, 11) is 0. The zero-order valence-electron chi connectivity index (χ0n) is 10.9. The molecule has 104 valence electrons. The number of hydrogen-bond acceptors (Lipinski definition) is 4. The van der Waals surface area contributed by atoms with E-state index in [1.54, 1.807) is 36.0 Å². The fraction of sp³-hybridized carbons (Fsp3) is 0.385. The molecule has 0 fully saturated rings. The molecular weight excluding hydrogens is 266 g/mol. The Labute approximate surface area is 116 Å². The molecule has 0 aliphatic rings. The van der Waals surface area contributed by atoms with Crippen molar-refractivity contribution in [1.29, 1.82) is 0 Å². The predicted molar refractivity (Wildman–Crippen MR) is 75.8 cm³/mol. The monoisotopic (exact) mass is 283 g/mol. The summed E-state index contributed by atoms with van der Waals surface area (Å²) in [5.74, 6) is -0.609. The van der Waals surface area contributed by atoms with E-state index in [4.69, 9.17) is 9.84 Å². The number of rotatable bonds is 7. The smallest absolute Gasteiger partial charge is 0.341 e. The Morgan fingerprint density at radius 2 is 2.00 bits per heavy atom. The van der Waals surface area contributed by atoms with Crippen molar-refractivity contribution < 1.29 is 19.4 Å². The molecule has 2 N–H and O–H groups in total. The average molecular weight is 283 g/mol. The molecule has 0 heterocycles. The summed E-state index contributed by atoms with van der Waals surface area (Å²) in [5.41, 5.74) is 0.668. The summed E-state index contributed by atoms with van der Waals surface area (Å²) in [5, 5.41) is 11.5. The molecule has 0 aliphatic heterocycles. The number of thioether (sulfide) groups is 1. The highest BCUT2D eigenvalue weighted by Crippen LogP contribution is 2.17. The number of ether oxygens (including phenoxy) is 1. The van der Waals surface area contributed by atoms with Crippen molar-refractivity contribution in [3.05, 3.63) is 24.3 Å². The van der Waals surface area contributed by atoms with Crippen molar-refractivity contribution in [2.75, 3.05) is 18.2 Å². The van der Waals surface area contributed by atoms with Gasteiger partial charge in [-0.1, -0.05) is 6.92 Å². The van der Waals surface area contributed by atoms with Crippen LogP contribution in [-0.2, 0) is 9.59 Å². The van der Waals surface area contributed by atoms with Gasteiger partial charge in [-0.2, -0.15) is 11.8 Å². The van der Waals surface area contributed by atoms with Gasteiger partial charge in [0.1, 0.15) is 5.75 Å². The maximum Gasteiger partial charge on any atom is 0.341 e. The largest absolute Gasteiger partial charge is 0.482 e. The Hall–Kier alpha value is -1.69. The van der Waals surface area contributed by atoms with Crippen LogP contribution in [0.15, 0.2) is 24.3 Å². The Morgan fingerprint density at radius 3 is 2.53 bits per heavy atom. The molecule has 0 saturated carbocycles. The van der Waals surface area contributed by atoms with Crippen LogP contribution in [0.3, 0.4) is 0 Å². The number of aliphatic carboxylic acids is 1. The lowest BCUT2D eigenvalue weighted by atomic mass is 10.2. The highest BCUT2D eigenvalue weighted by molar-refractivity contribution is 7.99. The van der Waals surface area contributed by atoms with Gasteiger partial charge in [0, 0.05) is 17.4 Å². The van der Waals surface area contributed by atoms with Crippen molar-refractivity contribution in [1.82, 2.24) is 0 Å². The van der Waals surface area contributed by atoms with Crippen molar-refractivity contribution in [2.45, 2.75) is 18.6 Å². The summed E-state index contributed by atoms with van der Waals surface area (Å²) >= 11 is 1.64. The van der Waals surface area contributed by atoms with Crippen molar-refractivity contribution in [3.8, 4) is 5.75 Å². The average Bonchev–Trinajstić information content (AvgIpc) is 2.37. The second-order valence-corrected chi connectivity index (χ2v) is 5.28. The van der Waals surface area contributed by atoms with Gasteiger partial charge in [0.25, 0.3) is 0 Å². The molecule has 5 nitrogen and oxygen atoms in total. The van der Waals surface area contributed by atoms with Crippen LogP contribution >= 0.6 is 11.8 Å². The number of benzene rings is 1. The summed E-state index contributed by atoms with van der Waals surface area (Å²) in [6.07, 6.45) is 2.42. The summed E-state index contributed by atoms with van der Waals surface area (Å²) in [6, 6.07) is 6.60. The van der Waals surface area contributed by atoms with Crippen molar-refractivity contribution >= 4 is 29.3 Å². The van der Waals surface area contributed by atoms with E-state index in [-0.39, 0.29) is 17.8 Å². The van der Waals surface area contributed by atoms with Gasteiger partial charge in [-0.15, -0.1) is 0 Å². The number of amides is 1. The Balaban J connectivity index is 2.47. The molecule has 6 heteroatoms. The minimum absolute atomic E-state index is 0.0407. The highest BCUT2D eigenvalue weighted by Gasteiger charge is 2.08. The quantitative estimate of drug-likeness (QED) is 0.802. The third-order valence-electron chi connectivity index (χ3n) is 2.38. The third-order valence-corrected chi connectivity index (χ3v) is 3.35. The Morgan fingerprint density at radius 1 is 1.37 bits per heavy atom. The second-order valence-electron chi connectivity index (χ2n) is 4.01. The van der Waals surface area contributed by atoms with Crippen LogP contribution in [-0.4, -0.2) is 35.1 Å². The molecule has 1 rings (SSSR count). The lowest BCUT2D eigenvalue weighted by Crippen LogP contribution is -2.16. The molecule has 0 saturated heterocycles. The SMILES string of the molecule is CSC(C)CC(=O)Nc1ccc(OCC(=O)O)cc1. The van der Waals surface area contributed by atoms with Crippen LogP contribution in [0.25, 0.3) is 0 Å². The van der Waals surface area contributed by atoms with Crippen molar-refractivity contribution in [3.63, 3.8) is 0 Å². The molecule has 1 atom stereocenters. The number of carboxylic acids is 1. The normalized spacial score (nSPS) is 11.7. The first-order chi connectivity index (χ1) is 9.01. The fourth-order valence-electron chi connectivity index (χ4n) is 1.34. The Bertz CT molecular complexity index is 433. The minimum Gasteiger partial charge on any atom is -0.482 e. The number of carbonyl (C=O) groups excluding carboxylic acids is 1. The summed E-state index contributed by atoms with van der Waals surface area (Å²) in [6.45, 7) is 1.62. The van der Waals surface area contributed by atoms with Crippen LogP contribution in [0.1, 0.15) is 13.3 Å². The van der Waals surface area contributed by atoms with E-state index in [2.05, 4.69) is 5.32 Å². The molecule has 0 aliphatic carbocycles. The topological polar surface area (TPSA) is 75.6 Å². The maximum atomic E-state index is 11.6. The Kier molecular flexibility index (Phi) is 6.21. The number of nitrogens with one attached hydrogen (secondary N) is 1. The van der Waals surface area contributed by atoms with Gasteiger partial charge in [0.15, 0.2) is 6.61 Å². The van der Waals surface area contributed by atoms with E-state index in [9.17, 15) is 9.59 Å². The molecule has 0 aromatic heterocycles. The number of anilines is 1. The lowest BCUT2D eigenvalue weighted by Gasteiger charge is -2.09. The summed E-state index contributed by atoms with van der Waals surface area (Å²) < 4.78 is 4.99. The molecule has 1 aromatic rings. The van der Waals surface area contributed by atoms with E-state index < -0.39 is 5.97 Å². The van der Waals surface area contributed by atoms with Gasteiger partial charge >= 0.3 is 5.97 Å². The first-order valence-electron chi connectivity index (χ1n) is 5.78. The molecule has 0 bridgehead atoms. The van der Waals surface area contributed by atoms with Gasteiger partial charge in [-0.3, -0.25) is 4.79 Å². The molecule has 1 unspecified atom stereocenters. The minimum atomic E-state index is -1.02. The van der Waals surface area contributed by atoms with Crippen LogP contribution in [0.5, 0.6) is 5.75 Å². The van der Waals surface area contributed by atoms with Gasteiger partial charge < -0.3 is 15.2 Å². The molecule has 19 heavy (non-hydrogen) atoms. The van der Waals surface area contributed by atoms with Crippen LogP contribution in [0.2, 0.25) is 0 Å². The zero-order valence-corrected chi connectivity index (χ0v) is 11.7. The standard InChI is InChI=1S/C13H17NO4S/c1-9(19-2)7-12(15)14-10-3-5-11(6-4-10)18-8-13(16)17/h3-6,9H,7-8H2,1-2H3,(H,14,15)(H,16,17). The van der Waals surface area contributed by atoms with Gasteiger partial charge in [0.2, 0.25) is 5.91 Å². The third kappa shape index (κ3) is 6.15. The lowest BCUT2D eigenvalue weighted by molar-refractivity contribution is -0.139. The van der Waals surface area contributed by atoms with E-state index in [1.165, 1.54) is 0 Å². The predicted octanol–water partition coefficient (Wildman–Crippen LogP) is 2.23. The summed E-state index contributed by atoms with van der Waals surface area (Å²) in [4.78, 5) is 22.0. The molecule has 0 radical (unpaired) electrons. The van der Waals surface area contributed by atoms with E-state index in [1.807, 2.05) is 13.2 Å². The van der Waals surface area contributed by atoms with Gasteiger partial charge in [0.05, 0.1) is 0 Å². The number of carboxylic acid groups (broad SMARTS) is 1. The maximum absolute atomic E-state index is 11.6. The van der Waals surface area contributed by atoms with Crippen LogP contribution < -0.4 is 10.1 Å². The molecule has 0 spiro atoms.